The van der Waals surface area contributed by atoms with E-state index >= 15 is 0 Å². The highest BCUT2D eigenvalue weighted by Gasteiger charge is 2.15. The summed E-state index contributed by atoms with van der Waals surface area (Å²) in [5, 5.41) is 0. The molecule has 0 aromatic heterocycles. The Hall–Kier alpha value is -0.170. The fourth-order valence-electron chi connectivity index (χ4n) is 1.05. The largest absolute Gasteiger partial charge is 0.329 e. The van der Waals surface area contributed by atoms with Crippen LogP contribution in [0.2, 0.25) is 0 Å². The molecule has 0 aliphatic carbocycles. The van der Waals surface area contributed by atoms with Gasteiger partial charge >= 0.3 is 0 Å². The summed E-state index contributed by atoms with van der Waals surface area (Å²) in [6.07, 6.45) is 0.841. The average Bonchev–Trinajstić information content (AvgIpc) is 2.03. The first-order chi connectivity index (χ1) is 6.40. The first-order valence-corrected chi connectivity index (χ1v) is 6.30. The number of hydrogen-bond donors (Lipinski definition) is 1. The third-order valence-electron chi connectivity index (χ3n) is 1.93. The highest BCUT2D eigenvalue weighted by atomic mass is 32.2. The third kappa shape index (κ3) is 5.54. The van der Waals surface area contributed by atoms with Crippen molar-refractivity contribution in [1.29, 1.82) is 0 Å². The molecule has 0 unspecified atom stereocenters. The predicted octanol–water partition coefficient (Wildman–Crippen LogP) is -0.842. The second kappa shape index (κ2) is 6.34. The van der Waals surface area contributed by atoms with Gasteiger partial charge in [-0.25, -0.2) is 12.7 Å². The van der Waals surface area contributed by atoms with Crippen LogP contribution in [0.5, 0.6) is 0 Å². The van der Waals surface area contributed by atoms with E-state index in [1.807, 2.05) is 19.0 Å². The van der Waals surface area contributed by atoms with E-state index in [1.54, 1.807) is 7.05 Å². The molecule has 14 heavy (non-hydrogen) atoms. The normalized spacial score (nSPS) is 12.7. The number of nitrogens with two attached hydrogens (primary N) is 1. The Kier molecular flexibility index (Phi) is 6.26. The summed E-state index contributed by atoms with van der Waals surface area (Å²) in [5.74, 6) is 0.0332. The smallest absolute Gasteiger partial charge is 0.215 e. The standard InChI is InChI=1S/C8H21N3O2S/c1-10(2)6-4-7-11(3)14(12,13)8-5-9/h4-9H2,1-3H3. The molecule has 0 rings (SSSR count). The van der Waals surface area contributed by atoms with Gasteiger partial charge < -0.3 is 10.6 Å². The van der Waals surface area contributed by atoms with Crippen LogP contribution in [0, 0.1) is 0 Å². The second-order valence-corrected chi connectivity index (χ2v) is 5.78. The van der Waals surface area contributed by atoms with Crippen molar-refractivity contribution in [3.63, 3.8) is 0 Å². The van der Waals surface area contributed by atoms with E-state index in [9.17, 15) is 8.42 Å². The summed E-state index contributed by atoms with van der Waals surface area (Å²) >= 11 is 0. The Bertz CT molecular complexity index is 239. The van der Waals surface area contributed by atoms with Crippen molar-refractivity contribution >= 4 is 10.0 Å². The van der Waals surface area contributed by atoms with Gasteiger partial charge in [0.15, 0.2) is 0 Å². The van der Waals surface area contributed by atoms with Crippen LogP contribution in [0.1, 0.15) is 6.42 Å². The zero-order chi connectivity index (χ0) is 11.2. The molecule has 6 heteroatoms. The Morgan fingerprint density at radius 1 is 1.14 bits per heavy atom. The SMILES string of the molecule is CN(C)CCCN(C)S(=O)(=O)CCN. The maximum absolute atomic E-state index is 11.4. The van der Waals surface area contributed by atoms with Crippen LogP contribution in [-0.4, -0.2) is 64.2 Å². The summed E-state index contributed by atoms with van der Waals surface area (Å²) in [6.45, 7) is 1.63. The lowest BCUT2D eigenvalue weighted by atomic mass is 10.4. The van der Waals surface area contributed by atoms with Crippen molar-refractivity contribution in [3.8, 4) is 0 Å². The van der Waals surface area contributed by atoms with Gasteiger partial charge in [0.25, 0.3) is 0 Å². The Morgan fingerprint density at radius 2 is 1.71 bits per heavy atom. The molecule has 0 aliphatic heterocycles. The monoisotopic (exact) mass is 223 g/mol. The van der Waals surface area contributed by atoms with Gasteiger partial charge in [-0.1, -0.05) is 0 Å². The fraction of sp³-hybridized carbons (Fsp3) is 1.00. The molecular weight excluding hydrogens is 202 g/mol. The summed E-state index contributed by atoms with van der Waals surface area (Å²) in [7, 11) is 2.41. The van der Waals surface area contributed by atoms with Gasteiger partial charge in [-0.3, -0.25) is 0 Å². The summed E-state index contributed by atoms with van der Waals surface area (Å²) in [5.41, 5.74) is 5.22. The minimum Gasteiger partial charge on any atom is -0.329 e. The van der Waals surface area contributed by atoms with Crippen LogP contribution in [0.4, 0.5) is 0 Å². The number of hydrogen-bond acceptors (Lipinski definition) is 4. The zero-order valence-corrected chi connectivity index (χ0v) is 10.0. The average molecular weight is 223 g/mol. The van der Waals surface area contributed by atoms with E-state index in [-0.39, 0.29) is 12.3 Å². The van der Waals surface area contributed by atoms with E-state index in [1.165, 1.54) is 4.31 Å². The summed E-state index contributed by atoms with van der Waals surface area (Å²) in [4.78, 5) is 2.03. The molecule has 0 saturated heterocycles. The topological polar surface area (TPSA) is 66.6 Å². The van der Waals surface area contributed by atoms with Gasteiger partial charge in [0.1, 0.15) is 0 Å². The highest BCUT2D eigenvalue weighted by molar-refractivity contribution is 7.89. The molecule has 0 atom stereocenters. The molecule has 0 aromatic carbocycles. The molecule has 0 radical (unpaired) electrons. The van der Waals surface area contributed by atoms with E-state index in [4.69, 9.17) is 5.73 Å². The Balaban J connectivity index is 3.89. The van der Waals surface area contributed by atoms with Crippen LogP contribution in [-0.2, 0) is 10.0 Å². The van der Waals surface area contributed by atoms with E-state index in [0.29, 0.717) is 6.54 Å². The molecule has 0 bridgehead atoms. The minimum absolute atomic E-state index is 0.0332. The molecule has 0 aliphatic rings. The second-order valence-electron chi connectivity index (χ2n) is 3.58. The van der Waals surface area contributed by atoms with Crippen molar-refractivity contribution in [3.05, 3.63) is 0 Å². The minimum atomic E-state index is -3.12. The van der Waals surface area contributed by atoms with Gasteiger partial charge in [0.05, 0.1) is 5.75 Å². The molecule has 0 spiro atoms. The molecule has 0 saturated carbocycles. The molecule has 5 nitrogen and oxygen atoms in total. The van der Waals surface area contributed by atoms with Gasteiger partial charge in [-0.2, -0.15) is 0 Å². The quantitative estimate of drug-likeness (QED) is 0.611. The highest BCUT2D eigenvalue weighted by Crippen LogP contribution is 1.98. The van der Waals surface area contributed by atoms with Gasteiger partial charge in [0.2, 0.25) is 10.0 Å². The van der Waals surface area contributed by atoms with E-state index < -0.39 is 10.0 Å². The molecule has 86 valence electrons. The van der Waals surface area contributed by atoms with Crippen LogP contribution < -0.4 is 5.73 Å². The van der Waals surface area contributed by atoms with Gasteiger partial charge in [0, 0.05) is 20.1 Å². The Labute approximate surface area is 86.9 Å². The van der Waals surface area contributed by atoms with Crippen molar-refractivity contribution in [2.24, 2.45) is 5.73 Å². The molecule has 0 heterocycles. The number of rotatable bonds is 7. The lowest BCUT2D eigenvalue weighted by Gasteiger charge is -2.17. The molecule has 0 aromatic rings. The zero-order valence-electron chi connectivity index (χ0n) is 9.23. The van der Waals surface area contributed by atoms with Crippen LogP contribution in [0.15, 0.2) is 0 Å². The first kappa shape index (κ1) is 13.8. The third-order valence-corrected chi connectivity index (χ3v) is 3.81. The van der Waals surface area contributed by atoms with Crippen LogP contribution in [0.25, 0.3) is 0 Å². The molecule has 2 N–H and O–H groups in total. The van der Waals surface area contributed by atoms with Crippen molar-refractivity contribution in [2.45, 2.75) is 6.42 Å². The lowest BCUT2D eigenvalue weighted by molar-refractivity contribution is 0.370. The van der Waals surface area contributed by atoms with Crippen molar-refractivity contribution in [2.75, 3.05) is 46.5 Å². The van der Waals surface area contributed by atoms with Gasteiger partial charge in [-0.05, 0) is 27.1 Å². The fourth-order valence-corrected chi connectivity index (χ4v) is 2.07. The summed E-state index contributed by atoms with van der Waals surface area (Å²) in [6, 6.07) is 0. The molecule has 0 fully saturated rings. The number of sulfonamides is 1. The maximum Gasteiger partial charge on any atom is 0.215 e. The van der Waals surface area contributed by atoms with Crippen molar-refractivity contribution < 1.29 is 8.42 Å². The van der Waals surface area contributed by atoms with Crippen molar-refractivity contribution in [1.82, 2.24) is 9.21 Å². The Morgan fingerprint density at radius 3 is 2.14 bits per heavy atom. The van der Waals surface area contributed by atoms with Gasteiger partial charge in [-0.15, -0.1) is 0 Å². The maximum atomic E-state index is 11.4. The van der Waals surface area contributed by atoms with E-state index in [0.717, 1.165) is 13.0 Å². The van der Waals surface area contributed by atoms with E-state index in [2.05, 4.69) is 0 Å². The molecule has 0 amide bonds. The van der Waals surface area contributed by atoms with Crippen LogP contribution in [0.3, 0.4) is 0 Å². The lowest BCUT2D eigenvalue weighted by Crippen LogP contribution is -2.33. The number of nitrogens with zero attached hydrogens (tertiary/aromatic N) is 2. The molecular formula is C8H21N3O2S. The summed E-state index contributed by atoms with van der Waals surface area (Å²) < 4.78 is 24.3. The first-order valence-electron chi connectivity index (χ1n) is 4.69. The predicted molar refractivity (Wildman–Crippen MR) is 58.6 cm³/mol. The van der Waals surface area contributed by atoms with Crippen LogP contribution >= 0.6 is 0 Å².